The van der Waals surface area contributed by atoms with Gasteiger partial charge in [-0.3, -0.25) is 0 Å². The maximum atomic E-state index is 13.3. The number of fused-ring (bicyclic) bond motifs is 1. The molecule has 0 saturated heterocycles. The zero-order valence-corrected chi connectivity index (χ0v) is 16.3. The summed E-state index contributed by atoms with van der Waals surface area (Å²) in [5.41, 5.74) is -0.156. The van der Waals surface area contributed by atoms with Gasteiger partial charge in [0, 0.05) is 23.7 Å². The van der Waals surface area contributed by atoms with Crippen molar-refractivity contribution in [2.45, 2.75) is 17.6 Å². The van der Waals surface area contributed by atoms with Crippen LogP contribution in [0.5, 0.6) is 5.75 Å². The summed E-state index contributed by atoms with van der Waals surface area (Å²) < 4.78 is 72.4. The highest BCUT2D eigenvalue weighted by Gasteiger charge is 2.37. The fourth-order valence-corrected chi connectivity index (χ4v) is 4.71. The van der Waals surface area contributed by atoms with Crippen molar-refractivity contribution in [3.05, 3.63) is 59.8 Å². The molecule has 0 N–H and O–H groups in total. The lowest BCUT2D eigenvalue weighted by molar-refractivity contribution is -0.139. The molecular formula is C19H19F3N2O3S. The van der Waals surface area contributed by atoms with Gasteiger partial charge in [0.2, 0.25) is 0 Å². The molecule has 1 heterocycles. The van der Waals surface area contributed by atoms with Crippen LogP contribution in [0, 0.1) is 0 Å². The first-order chi connectivity index (χ1) is 13.1. The average molecular weight is 412 g/mol. The summed E-state index contributed by atoms with van der Waals surface area (Å²) in [6.45, 7) is 0.476. The van der Waals surface area contributed by atoms with E-state index in [4.69, 9.17) is 4.74 Å². The lowest BCUT2D eigenvalue weighted by Gasteiger charge is -2.16. The molecular weight excluding hydrogens is 393 g/mol. The number of hydrogen-bond acceptors (Lipinski definition) is 4. The van der Waals surface area contributed by atoms with E-state index in [2.05, 4.69) is 0 Å². The zero-order valence-electron chi connectivity index (χ0n) is 15.5. The van der Waals surface area contributed by atoms with Crippen LogP contribution >= 0.6 is 0 Å². The number of benzene rings is 2. The summed E-state index contributed by atoms with van der Waals surface area (Å²) >= 11 is 0. The van der Waals surface area contributed by atoms with Crippen LogP contribution in [0.2, 0.25) is 0 Å². The van der Waals surface area contributed by atoms with E-state index in [-0.39, 0.29) is 5.52 Å². The highest BCUT2D eigenvalue weighted by Crippen LogP contribution is 2.36. The second-order valence-electron chi connectivity index (χ2n) is 6.53. The molecule has 0 unspecified atom stereocenters. The molecule has 3 aromatic rings. The fraction of sp³-hybridized carbons (Fsp3) is 0.263. The number of methoxy groups -OCH3 is 1. The van der Waals surface area contributed by atoms with E-state index in [1.807, 2.05) is 19.0 Å². The topological polar surface area (TPSA) is 51.5 Å². The molecule has 1 aromatic heterocycles. The number of rotatable bonds is 5. The number of alkyl halides is 3. The molecule has 0 saturated carbocycles. The van der Waals surface area contributed by atoms with Crippen LogP contribution < -0.4 is 4.74 Å². The molecule has 0 aliphatic rings. The first kappa shape index (κ1) is 20.2. The minimum atomic E-state index is -4.79. The van der Waals surface area contributed by atoms with Gasteiger partial charge < -0.3 is 9.64 Å². The highest BCUT2D eigenvalue weighted by atomic mass is 32.2. The Morgan fingerprint density at radius 3 is 2.36 bits per heavy atom. The summed E-state index contributed by atoms with van der Waals surface area (Å²) in [5.74, 6) is 0.576. The third-order valence-corrected chi connectivity index (χ3v) is 6.08. The van der Waals surface area contributed by atoms with Crippen molar-refractivity contribution in [1.29, 1.82) is 0 Å². The van der Waals surface area contributed by atoms with Gasteiger partial charge in [-0.05, 0) is 44.4 Å². The molecule has 0 atom stereocenters. The van der Waals surface area contributed by atoms with Gasteiger partial charge in [-0.25, -0.2) is 12.4 Å². The van der Waals surface area contributed by atoms with Crippen molar-refractivity contribution in [3.8, 4) is 5.75 Å². The smallest absolute Gasteiger partial charge is 0.417 e. The Morgan fingerprint density at radius 1 is 1.07 bits per heavy atom. The van der Waals surface area contributed by atoms with Crippen LogP contribution in [0.25, 0.3) is 10.9 Å². The van der Waals surface area contributed by atoms with E-state index in [1.165, 1.54) is 25.4 Å². The lowest BCUT2D eigenvalue weighted by atomic mass is 10.1. The predicted octanol–water partition coefficient (Wildman–Crippen LogP) is 3.97. The number of halogens is 3. The molecule has 9 heteroatoms. The molecule has 3 rings (SSSR count). The van der Waals surface area contributed by atoms with Crippen LogP contribution in [0.15, 0.2) is 53.6 Å². The second-order valence-corrected chi connectivity index (χ2v) is 8.31. The van der Waals surface area contributed by atoms with Crippen LogP contribution in [-0.2, 0) is 22.7 Å². The van der Waals surface area contributed by atoms with Crippen molar-refractivity contribution in [1.82, 2.24) is 8.87 Å². The van der Waals surface area contributed by atoms with E-state index in [0.717, 1.165) is 27.7 Å². The Labute approximate surface area is 161 Å². The summed E-state index contributed by atoms with van der Waals surface area (Å²) in [6, 6.07) is 8.88. The molecule has 28 heavy (non-hydrogen) atoms. The molecule has 0 aliphatic carbocycles. The largest absolute Gasteiger partial charge is 0.496 e. The quantitative estimate of drug-likeness (QED) is 0.637. The van der Waals surface area contributed by atoms with Gasteiger partial charge >= 0.3 is 6.18 Å². The molecule has 150 valence electrons. The maximum Gasteiger partial charge on any atom is 0.417 e. The monoisotopic (exact) mass is 412 g/mol. The SMILES string of the molecule is COc1ccc2c(ccn2S(=O)(=O)c2ccccc2C(F)(F)F)c1CN(C)C. The Hall–Kier alpha value is -2.52. The van der Waals surface area contributed by atoms with Crippen LogP contribution in [0.3, 0.4) is 0 Å². The number of ether oxygens (including phenoxy) is 1. The van der Waals surface area contributed by atoms with Gasteiger partial charge in [-0.15, -0.1) is 0 Å². The highest BCUT2D eigenvalue weighted by molar-refractivity contribution is 7.90. The minimum absolute atomic E-state index is 0.287. The number of nitrogens with zero attached hydrogens (tertiary/aromatic N) is 2. The van der Waals surface area contributed by atoms with Crippen molar-refractivity contribution in [2.24, 2.45) is 0 Å². The molecule has 0 bridgehead atoms. The van der Waals surface area contributed by atoms with Gasteiger partial charge in [0.25, 0.3) is 10.0 Å². The molecule has 0 radical (unpaired) electrons. The third-order valence-electron chi connectivity index (χ3n) is 4.33. The first-order valence-electron chi connectivity index (χ1n) is 8.31. The van der Waals surface area contributed by atoms with Crippen molar-refractivity contribution >= 4 is 20.9 Å². The van der Waals surface area contributed by atoms with Crippen LogP contribution in [0.4, 0.5) is 13.2 Å². The molecule has 0 fully saturated rings. The normalized spacial score (nSPS) is 12.7. The minimum Gasteiger partial charge on any atom is -0.496 e. The van der Waals surface area contributed by atoms with E-state index >= 15 is 0 Å². The maximum absolute atomic E-state index is 13.3. The number of hydrogen-bond donors (Lipinski definition) is 0. The van der Waals surface area contributed by atoms with Gasteiger partial charge in [0.1, 0.15) is 10.6 Å². The summed E-state index contributed by atoms with van der Waals surface area (Å²) in [6.07, 6.45) is -3.52. The lowest BCUT2D eigenvalue weighted by Crippen LogP contribution is -2.18. The van der Waals surface area contributed by atoms with Crippen LogP contribution in [0.1, 0.15) is 11.1 Å². The molecule has 0 aliphatic heterocycles. The zero-order chi connectivity index (χ0) is 20.7. The summed E-state index contributed by atoms with van der Waals surface area (Å²) in [5, 5.41) is 0.598. The van der Waals surface area contributed by atoms with Crippen molar-refractivity contribution in [2.75, 3.05) is 21.2 Å². The second kappa shape index (κ2) is 7.14. The van der Waals surface area contributed by atoms with E-state index in [1.54, 1.807) is 12.1 Å². The first-order valence-corrected chi connectivity index (χ1v) is 9.75. The molecule has 2 aromatic carbocycles. The Balaban J connectivity index is 2.26. The Kier molecular flexibility index (Phi) is 5.16. The fourth-order valence-electron chi connectivity index (χ4n) is 3.14. The number of aromatic nitrogens is 1. The summed E-state index contributed by atoms with van der Waals surface area (Å²) in [7, 11) is 0.755. The van der Waals surface area contributed by atoms with Gasteiger partial charge in [-0.2, -0.15) is 13.2 Å². The Morgan fingerprint density at radius 2 is 1.75 bits per heavy atom. The van der Waals surface area contributed by atoms with E-state index < -0.39 is 26.7 Å². The standard InChI is InChI=1S/C19H19F3N2O3S/c1-23(2)12-14-13-10-11-24(16(13)8-9-17(14)27-3)28(25,26)18-7-5-4-6-15(18)19(20,21)22/h4-11H,12H2,1-3H3. The molecule has 5 nitrogen and oxygen atoms in total. The average Bonchev–Trinajstić information content (AvgIpc) is 3.06. The summed E-state index contributed by atoms with van der Waals surface area (Å²) in [4.78, 5) is 1.10. The molecule has 0 spiro atoms. The van der Waals surface area contributed by atoms with Gasteiger partial charge in [0.05, 0.1) is 18.2 Å². The molecule has 0 amide bonds. The van der Waals surface area contributed by atoms with E-state index in [0.29, 0.717) is 17.7 Å². The van der Waals surface area contributed by atoms with Crippen LogP contribution in [-0.4, -0.2) is 38.5 Å². The van der Waals surface area contributed by atoms with Crippen molar-refractivity contribution < 1.29 is 26.3 Å². The van der Waals surface area contributed by atoms with Gasteiger partial charge in [-0.1, -0.05) is 12.1 Å². The van der Waals surface area contributed by atoms with Gasteiger partial charge in [0.15, 0.2) is 0 Å². The van der Waals surface area contributed by atoms with E-state index in [9.17, 15) is 21.6 Å². The third kappa shape index (κ3) is 3.47. The van der Waals surface area contributed by atoms with Crippen molar-refractivity contribution in [3.63, 3.8) is 0 Å². The predicted molar refractivity (Wildman–Crippen MR) is 99.9 cm³/mol. The Bertz CT molecular complexity index is 1120.